The maximum absolute atomic E-state index is 8.75. The molecule has 1 saturated carbocycles. The van der Waals surface area contributed by atoms with Gasteiger partial charge in [0.15, 0.2) is 0 Å². The molecule has 1 aromatic rings. The molecule has 2 rings (SSSR count). The van der Waals surface area contributed by atoms with Gasteiger partial charge in [-0.05, 0) is 43.4 Å². The van der Waals surface area contributed by atoms with Crippen molar-refractivity contribution in [2.45, 2.75) is 45.2 Å². The lowest BCUT2D eigenvalue weighted by molar-refractivity contribution is 0.530. The Morgan fingerprint density at radius 3 is 2.71 bits per heavy atom. The Labute approximate surface area is 104 Å². The highest BCUT2D eigenvalue weighted by Crippen LogP contribution is 2.36. The zero-order valence-corrected chi connectivity index (χ0v) is 10.6. The maximum atomic E-state index is 8.75. The van der Waals surface area contributed by atoms with Crippen molar-refractivity contribution in [1.29, 1.82) is 5.26 Å². The van der Waals surface area contributed by atoms with Crippen LogP contribution in [0.1, 0.15) is 50.3 Å². The normalized spacial score (nSPS) is 24.1. The maximum Gasteiger partial charge on any atom is 0.0991 e. The van der Waals surface area contributed by atoms with Crippen molar-refractivity contribution >= 4 is 0 Å². The minimum Gasteiger partial charge on any atom is -0.307 e. The number of hydrogen-bond acceptors (Lipinski definition) is 2. The molecule has 0 heterocycles. The quantitative estimate of drug-likeness (QED) is 0.838. The molecule has 0 amide bonds. The Morgan fingerprint density at radius 1 is 1.41 bits per heavy atom. The van der Waals surface area contributed by atoms with Crippen LogP contribution < -0.4 is 5.32 Å². The Kier molecular flexibility index (Phi) is 3.81. The highest BCUT2D eigenvalue weighted by molar-refractivity contribution is 5.32. The van der Waals surface area contributed by atoms with Crippen LogP contribution in [0.25, 0.3) is 0 Å². The zero-order valence-electron chi connectivity index (χ0n) is 10.6. The molecule has 0 saturated heterocycles. The van der Waals surface area contributed by atoms with Crippen LogP contribution in [-0.4, -0.2) is 6.04 Å². The van der Waals surface area contributed by atoms with Gasteiger partial charge in [0.25, 0.3) is 0 Å². The van der Waals surface area contributed by atoms with E-state index in [9.17, 15) is 0 Å². The molecule has 1 aliphatic carbocycles. The molecule has 1 aliphatic rings. The summed E-state index contributed by atoms with van der Waals surface area (Å²) in [6.45, 7) is 4.45. The van der Waals surface area contributed by atoms with Gasteiger partial charge in [0, 0.05) is 12.1 Å². The summed E-state index contributed by atoms with van der Waals surface area (Å²) in [7, 11) is 0. The highest BCUT2D eigenvalue weighted by Gasteiger charge is 2.36. The summed E-state index contributed by atoms with van der Waals surface area (Å²) in [5.41, 5.74) is 2.00. The molecule has 17 heavy (non-hydrogen) atoms. The SMILES string of the molecule is CCCC1CC1NC(C)c1ccc(C#N)cc1. The average molecular weight is 228 g/mol. The number of benzene rings is 1. The molecule has 3 atom stereocenters. The van der Waals surface area contributed by atoms with Crippen molar-refractivity contribution in [3.8, 4) is 6.07 Å². The highest BCUT2D eigenvalue weighted by atomic mass is 15.0. The third-order valence-electron chi connectivity index (χ3n) is 3.59. The Hall–Kier alpha value is -1.33. The van der Waals surface area contributed by atoms with E-state index in [1.165, 1.54) is 24.8 Å². The topological polar surface area (TPSA) is 35.8 Å². The van der Waals surface area contributed by atoms with Crippen LogP contribution in [0.3, 0.4) is 0 Å². The van der Waals surface area contributed by atoms with Crippen molar-refractivity contribution in [2.24, 2.45) is 5.92 Å². The van der Waals surface area contributed by atoms with Crippen LogP contribution >= 0.6 is 0 Å². The van der Waals surface area contributed by atoms with Gasteiger partial charge in [-0.15, -0.1) is 0 Å². The van der Waals surface area contributed by atoms with E-state index in [0.717, 1.165) is 11.5 Å². The molecule has 1 fully saturated rings. The summed E-state index contributed by atoms with van der Waals surface area (Å²) in [6.07, 6.45) is 3.96. The summed E-state index contributed by atoms with van der Waals surface area (Å²) in [5, 5.41) is 12.4. The van der Waals surface area contributed by atoms with E-state index in [1.54, 1.807) is 0 Å². The standard InChI is InChI=1S/C15H20N2/c1-3-4-14-9-15(14)17-11(2)13-7-5-12(10-16)6-8-13/h5-8,11,14-15,17H,3-4,9H2,1-2H3. The second-order valence-corrected chi connectivity index (χ2v) is 5.01. The second-order valence-electron chi connectivity index (χ2n) is 5.01. The lowest BCUT2D eigenvalue weighted by Gasteiger charge is -2.14. The van der Waals surface area contributed by atoms with E-state index in [-0.39, 0.29) is 0 Å². The third-order valence-corrected chi connectivity index (χ3v) is 3.59. The number of rotatable bonds is 5. The van der Waals surface area contributed by atoms with Crippen molar-refractivity contribution in [3.63, 3.8) is 0 Å². The van der Waals surface area contributed by atoms with E-state index in [2.05, 4.69) is 25.2 Å². The van der Waals surface area contributed by atoms with E-state index >= 15 is 0 Å². The van der Waals surface area contributed by atoms with E-state index in [0.29, 0.717) is 12.1 Å². The molecule has 1 aromatic carbocycles. The van der Waals surface area contributed by atoms with E-state index in [4.69, 9.17) is 5.26 Å². The van der Waals surface area contributed by atoms with Gasteiger partial charge in [-0.2, -0.15) is 5.26 Å². The van der Waals surface area contributed by atoms with Crippen LogP contribution in [0.15, 0.2) is 24.3 Å². The summed E-state index contributed by atoms with van der Waals surface area (Å²) in [5.74, 6) is 0.890. The molecule has 3 unspecified atom stereocenters. The van der Waals surface area contributed by atoms with Crippen LogP contribution in [0.2, 0.25) is 0 Å². The van der Waals surface area contributed by atoms with Crippen LogP contribution in [0.5, 0.6) is 0 Å². The fourth-order valence-electron chi connectivity index (χ4n) is 2.41. The lowest BCUT2D eigenvalue weighted by atomic mass is 10.1. The molecule has 0 aliphatic heterocycles. The number of nitrogens with one attached hydrogen (secondary N) is 1. The smallest absolute Gasteiger partial charge is 0.0991 e. The van der Waals surface area contributed by atoms with Gasteiger partial charge in [-0.1, -0.05) is 25.5 Å². The molecule has 0 bridgehead atoms. The lowest BCUT2D eigenvalue weighted by Crippen LogP contribution is -2.22. The molecule has 2 nitrogen and oxygen atoms in total. The molecule has 0 spiro atoms. The number of hydrogen-bond donors (Lipinski definition) is 1. The van der Waals surface area contributed by atoms with Crippen molar-refractivity contribution in [3.05, 3.63) is 35.4 Å². The van der Waals surface area contributed by atoms with Gasteiger partial charge in [0.1, 0.15) is 0 Å². The Balaban J connectivity index is 1.87. The predicted molar refractivity (Wildman–Crippen MR) is 69.5 cm³/mol. The molecular formula is C15H20N2. The molecule has 2 heteroatoms. The Bertz CT molecular complexity index is 402. The van der Waals surface area contributed by atoms with Crippen LogP contribution in [0.4, 0.5) is 0 Å². The first-order chi connectivity index (χ1) is 8.24. The number of nitrogens with zero attached hydrogens (tertiary/aromatic N) is 1. The molecule has 0 aromatic heterocycles. The summed E-state index contributed by atoms with van der Waals surface area (Å²) in [6, 6.07) is 11.1. The second kappa shape index (κ2) is 5.33. The van der Waals surface area contributed by atoms with Gasteiger partial charge in [0.2, 0.25) is 0 Å². The van der Waals surface area contributed by atoms with Crippen LogP contribution in [-0.2, 0) is 0 Å². The van der Waals surface area contributed by atoms with Gasteiger partial charge in [0.05, 0.1) is 11.6 Å². The fourth-order valence-corrected chi connectivity index (χ4v) is 2.41. The molecule has 0 radical (unpaired) electrons. The van der Waals surface area contributed by atoms with Crippen LogP contribution in [0, 0.1) is 17.2 Å². The van der Waals surface area contributed by atoms with E-state index in [1.807, 2.05) is 24.3 Å². The predicted octanol–water partition coefficient (Wildman–Crippen LogP) is 3.40. The largest absolute Gasteiger partial charge is 0.307 e. The summed E-state index contributed by atoms with van der Waals surface area (Å²) < 4.78 is 0. The molecule has 90 valence electrons. The van der Waals surface area contributed by atoms with Gasteiger partial charge < -0.3 is 5.32 Å². The first-order valence-corrected chi connectivity index (χ1v) is 6.50. The first kappa shape index (κ1) is 12.1. The molecule has 1 N–H and O–H groups in total. The minimum atomic E-state index is 0.384. The first-order valence-electron chi connectivity index (χ1n) is 6.50. The van der Waals surface area contributed by atoms with Gasteiger partial charge >= 0.3 is 0 Å². The van der Waals surface area contributed by atoms with E-state index < -0.39 is 0 Å². The monoisotopic (exact) mass is 228 g/mol. The number of nitriles is 1. The van der Waals surface area contributed by atoms with Gasteiger partial charge in [-0.3, -0.25) is 0 Å². The average Bonchev–Trinajstić information content (AvgIpc) is 3.08. The summed E-state index contributed by atoms with van der Waals surface area (Å²) in [4.78, 5) is 0. The van der Waals surface area contributed by atoms with Gasteiger partial charge in [-0.25, -0.2) is 0 Å². The van der Waals surface area contributed by atoms with Crippen molar-refractivity contribution in [2.75, 3.05) is 0 Å². The Morgan fingerprint density at radius 2 is 2.12 bits per heavy atom. The van der Waals surface area contributed by atoms with Crippen molar-refractivity contribution in [1.82, 2.24) is 5.32 Å². The third kappa shape index (κ3) is 3.08. The minimum absolute atomic E-state index is 0.384. The molecular weight excluding hydrogens is 208 g/mol. The van der Waals surface area contributed by atoms with Crippen molar-refractivity contribution < 1.29 is 0 Å². The summed E-state index contributed by atoms with van der Waals surface area (Å²) >= 11 is 0. The fraction of sp³-hybridized carbons (Fsp3) is 0.533. The zero-order chi connectivity index (χ0) is 12.3.